The fourth-order valence-corrected chi connectivity index (χ4v) is 3.55. The van der Waals surface area contributed by atoms with Crippen LogP contribution in [0.1, 0.15) is 0 Å². The van der Waals surface area contributed by atoms with Crippen molar-refractivity contribution in [1.82, 2.24) is 9.55 Å². The lowest BCUT2D eigenvalue weighted by atomic mass is 10.1. The summed E-state index contributed by atoms with van der Waals surface area (Å²) in [6.45, 7) is 0.305. The third-order valence-electron chi connectivity index (χ3n) is 3.30. The average Bonchev–Trinajstić information content (AvgIpc) is 2.52. The highest BCUT2D eigenvalue weighted by atomic mass is 35.5. The van der Waals surface area contributed by atoms with Crippen LogP contribution in [0, 0.1) is 5.92 Å². The number of fused-ring (bicyclic) bond motifs is 1. The van der Waals surface area contributed by atoms with Crippen molar-refractivity contribution in [3.63, 3.8) is 0 Å². The Morgan fingerprint density at radius 3 is 3.00 bits per heavy atom. The first-order valence-corrected chi connectivity index (χ1v) is 8.24. The van der Waals surface area contributed by atoms with Crippen LogP contribution in [0.25, 0.3) is 0 Å². The van der Waals surface area contributed by atoms with Gasteiger partial charge in [0.2, 0.25) is 5.91 Å². The lowest BCUT2D eigenvalue weighted by molar-refractivity contribution is -0.119. The number of hydrogen-bond acceptors (Lipinski definition) is 4. The summed E-state index contributed by atoms with van der Waals surface area (Å²) in [7, 11) is 0. The molecule has 0 aliphatic carbocycles. The molecular weight excluding hydrogens is 345 g/mol. The summed E-state index contributed by atoms with van der Waals surface area (Å²) >= 11 is 13.4. The molecule has 1 atom stereocenters. The van der Waals surface area contributed by atoms with E-state index in [0.717, 1.165) is 0 Å². The van der Waals surface area contributed by atoms with Crippen LogP contribution >= 0.6 is 35.0 Å². The normalized spacial score (nSPS) is 16.9. The fraction of sp³-hybridized carbons (Fsp3) is 0.214. The molecule has 0 saturated heterocycles. The number of benzene rings is 1. The molecule has 1 N–H and O–H groups in total. The number of nitrogens with zero attached hydrogens (tertiary/aromatic N) is 2. The minimum Gasteiger partial charge on any atom is -0.324 e. The number of thioether (sulfide) groups is 1. The van der Waals surface area contributed by atoms with Crippen LogP contribution in [0.5, 0.6) is 0 Å². The first kappa shape index (κ1) is 15.4. The van der Waals surface area contributed by atoms with E-state index in [1.54, 1.807) is 18.2 Å². The number of anilines is 1. The van der Waals surface area contributed by atoms with Gasteiger partial charge in [0.15, 0.2) is 5.16 Å². The van der Waals surface area contributed by atoms with Crippen LogP contribution in [0.2, 0.25) is 10.0 Å². The Kier molecular flexibility index (Phi) is 4.42. The molecule has 2 aromatic rings. The molecule has 22 heavy (non-hydrogen) atoms. The highest BCUT2D eigenvalue weighted by Gasteiger charge is 2.26. The molecule has 0 radical (unpaired) electrons. The Hall–Kier alpha value is -1.50. The van der Waals surface area contributed by atoms with Crippen LogP contribution in [0.3, 0.4) is 0 Å². The van der Waals surface area contributed by atoms with Crippen LogP contribution < -0.4 is 10.9 Å². The molecule has 0 bridgehead atoms. The van der Waals surface area contributed by atoms with Crippen LogP contribution in [0.15, 0.2) is 40.4 Å². The zero-order chi connectivity index (χ0) is 15.7. The van der Waals surface area contributed by atoms with Gasteiger partial charge in [0.25, 0.3) is 5.56 Å². The van der Waals surface area contributed by atoms with Crippen molar-refractivity contribution in [1.29, 1.82) is 0 Å². The summed E-state index contributed by atoms with van der Waals surface area (Å²) in [6.07, 6.45) is 1.48. The summed E-state index contributed by atoms with van der Waals surface area (Å²) < 4.78 is 1.51. The second-order valence-electron chi connectivity index (χ2n) is 4.77. The van der Waals surface area contributed by atoms with Gasteiger partial charge in [-0.3, -0.25) is 14.2 Å². The maximum atomic E-state index is 12.4. The fourth-order valence-electron chi connectivity index (χ4n) is 2.14. The molecule has 1 unspecified atom stereocenters. The molecular formula is C14H11Cl2N3O2S. The summed E-state index contributed by atoms with van der Waals surface area (Å²) in [4.78, 5) is 28.4. The zero-order valence-electron chi connectivity index (χ0n) is 11.3. The molecule has 3 rings (SSSR count). The van der Waals surface area contributed by atoms with E-state index in [4.69, 9.17) is 23.2 Å². The van der Waals surface area contributed by atoms with Crippen LogP contribution in [-0.4, -0.2) is 21.2 Å². The summed E-state index contributed by atoms with van der Waals surface area (Å²) in [5.74, 6) is 0.0213. The average molecular weight is 356 g/mol. The second kappa shape index (κ2) is 6.32. The van der Waals surface area contributed by atoms with Crippen LogP contribution in [-0.2, 0) is 11.3 Å². The Bertz CT molecular complexity index is 794. The number of rotatable bonds is 2. The zero-order valence-corrected chi connectivity index (χ0v) is 13.6. The minimum absolute atomic E-state index is 0.157. The molecule has 1 aromatic heterocycles. The number of carbonyl (C=O) groups is 1. The Labute approximate surface area is 140 Å². The number of aromatic nitrogens is 2. The number of nitrogens with one attached hydrogen (secondary N) is 1. The van der Waals surface area contributed by atoms with E-state index in [0.29, 0.717) is 33.2 Å². The highest BCUT2D eigenvalue weighted by molar-refractivity contribution is 7.99. The van der Waals surface area contributed by atoms with Gasteiger partial charge in [-0.2, -0.15) is 0 Å². The van der Waals surface area contributed by atoms with E-state index in [1.165, 1.54) is 28.6 Å². The molecule has 114 valence electrons. The summed E-state index contributed by atoms with van der Waals surface area (Å²) in [6, 6.07) is 6.43. The Balaban J connectivity index is 1.78. The van der Waals surface area contributed by atoms with E-state index in [2.05, 4.69) is 10.3 Å². The summed E-state index contributed by atoms with van der Waals surface area (Å²) in [5.41, 5.74) is 0.310. The molecule has 5 nitrogen and oxygen atoms in total. The number of amides is 1. The van der Waals surface area contributed by atoms with Crippen molar-refractivity contribution in [2.45, 2.75) is 11.7 Å². The maximum absolute atomic E-state index is 12.4. The molecule has 1 aliphatic rings. The highest BCUT2D eigenvalue weighted by Crippen LogP contribution is 2.31. The predicted octanol–water partition coefficient (Wildman–Crippen LogP) is 2.91. The topological polar surface area (TPSA) is 64.0 Å². The molecule has 8 heteroatoms. The lowest BCUT2D eigenvalue weighted by Gasteiger charge is -2.24. The standard InChI is InChI=1S/C14H11Cl2N3O2S/c15-9-2-1-3-10(12(9)16)18-13(21)8-6-19-11(20)4-5-17-14(19)22-7-8/h1-5,8H,6-7H2,(H,18,21). The van der Waals surface area contributed by atoms with Gasteiger partial charge in [-0.1, -0.05) is 41.0 Å². The van der Waals surface area contributed by atoms with E-state index in [1.807, 2.05) is 0 Å². The van der Waals surface area contributed by atoms with Gasteiger partial charge in [0.05, 0.1) is 21.7 Å². The first-order chi connectivity index (χ1) is 10.6. The number of hydrogen-bond donors (Lipinski definition) is 1. The molecule has 0 saturated carbocycles. The van der Waals surface area contributed by atoms with Crippen molar-refractivity contribution in [2.75, 3.05) is 11.1 Å². The largest absolute Gasteiger partial charge is 0.324 e. The van der Waals surface area contributed by atoms with Crippen molar-refractivity contribution < 1.29 is 4.79 Å². The van der Waals surface area contributed by atoms with Gasteiger partial charge in [-0.25, -0.2) is 4.98 Å². The Morgan fingerprint density at radius 1 is 1.36 bits per heavy atom. The van der Waals surface area contributed by atoms with Gasteiger partial charge < -0.3 is 5.32 Å². The molecule has 1 amide bonds. The van der Waals surface area contributed by atoms with Gasteiger partial charge in [-0.05, 0) is 12.1 Å². The van der Waals surface area contributed by atoms with E-state index < -0.39 is 0 Å². The van der Waals surface area contributed by atoms with Gasteiger partial charge in [0.1, 0.15) is 0 Å². The smallest absolute Gasteiger partial charge is 0.254 e. The number of carbonyl (C=O) groups excluding carboxylic acids is 1. The van der Waals surface area contributed by atoms with Gasteiger partial charge in [-0.15, -0.1) is 0 Å². The number of halogens is 2. The third-order valence-corrected chi connectivity index (χ3v) is 5.27. The van der Waals surface area contributed by atoms with Crippen molar-refractivity contribution in [2.24, 2.45) is 5.92 Å². The van der Waals surface area contributed by atoms with Crippen molar-refractivity contribution >= 4 is 46.6 Å². The monoisotopic (exact) mass is 355 g/mol. The third kappa shape index (κ3) is 2.99. The quantitative estimate of drug-likeness (QED) is 0.841. The minimum atomic E-state index is -0.338. The van der Waals surface area contributed by atoms with Crippen molar-refractivity contribution in [3.05, 3.63) is 50.9 Å². The van der Waals surface area contributed by atoms with E-state index in [9.17, 15) is 9.59 Å². The first-order valence-electron chi connectivity index (χ1n) is 6.50. The van der Waals surface area contributed by atoms with Gasteiger partial charge >= 0.3 is 0 Å². The second-order valence-corrected chi connectivity index (χ2v) is 6.55. The van der Waals surface area contributed by atoms with Crippen LogP contribution in [0.4, 0.5) is 5.69 Å². The van der Waals surface area contributed by atoms with Gasteiger partial charge in [0, 0.05) is 24.6 Å². The summed E-state index contributed by atoms with van der Waals surface area (Å²) in [5, 5.41) is 4.09. The maximum Gasteiger partial charge on any atom is 0.254 e. The van der Waals surface area contributed by atoms with E-state index >= 15 is 0 Å². The van der Waals surface area contributed by atoms with E-state index in [-0.39, 0.29) is 17.4 Å². The lowest BCUT2D eigenvalue weighted by Crippen LogP contribution is -2.36. The SMILES string of the molecule is O=C(Nc1cccc(Cl)c1Cl)C1CSc2nccc(=O)n2C1. The molecule has 0 fully saturated rings. The van der Waals surface area contributed by atoms with Crippen molar-refractivity contribution in [3.8, 4) is 0 Å². The predicted molar refractivity (Wildman–Crippen MR) is 87.8 cm³/mol. The molecule has 0 spiro atoms. The molecule has 2 heterocycles. The molecule has 1 aromatic carbocycles. The molecule has 1 aliphatic heterocycles. The Morgan fingerprint density at radius 2 is 2.18 bits per heavy atom.